The Labute approximate surface area is 167 Å². The predicted octanol–water partition coefficient (Wildman–Crippen LogP) is 4.67. The van der Waals surface area contributed by atoms with Crippen LogP contribution in [0.4, 0.5) is 0 Å². The van der Waals surface area contributed by atoms with E-state index < -0.39 is 6.04 Å². The summed E-state index contributed by atoms with van der Waals surface area (Å²) in [4.78, 5) is 27.9. The number of carbonyl (C=O) groups is 2. The minimum absolute atomic E-state index is 0.0309. The minimum atomic E-state index is -0.466. The molecule has 4 nitrogen and oxygen atoms in total. The summed E-state index contributed by atoms with van der Waals surface area (Å²) in [6.45, 7) is 4.51. The summed E-state index contributed by atoms with van der Waals surface area (Å²) in [6.07, 6.45) is 7.76. The van der Waals surface area contributed by atoms with Crippen molar-refractivity contribution >= 4 is 23.6 Å². The molecule has 5 heteroatoms. The third-order valence-corrected chi connectivity index (χ3v) is 7.11. The number of thioether (sulfide) groups is 1. The zero-order valence-electron chi connectivity index (χ0n) is 16.5. The van der Waals surface area contributed by atoms with Crippen LogP contribution in [-0.2, 0) is 16.0 Å². The van der Waals surface area contributed by atoms with Gasteiger partial charge in [0.2, 0.25) is 0 Å². The van der Waals surface area contributed by atoms with E-state index >= 15 is 0 Å². The Hall–Kier alpha value is -1.49. The van der Waals surface area contributed by atoms with Gasteiger partial charge in [-0.25, -0.2) is 4.79 Å². The summed E-state index contributed by atoms with van der Waals surface area (Å²) in [7, 11) is 0. The number of benzene rings is 1. The third-order valence-electron chi connectivity index (χ3n) is 5.65. The van der Waals surface area contributed by atoms with Crippen molar-refractivity contribution in [2.75, 3.05) is 12.4 Å². The molecular formula is C22H31NO3S. The lowest BCUT2D eigenvalue weighted by atomic mass is 9.88. The van der Waals surface area contributed by atoms with Crippen LogP contribution in [0.3, 0.4) is 0 Å². The molecule has 0 spiro atoms. The Morgan fingerprint density at radius 1 is 1.11 bits per heavy atom. The van der Waals surface area contributed by atoms with E-state index in [1.54, 1.807) is 11.8 Å². The summed E-state index contributed by atoms with van der Waals surface area (Å²) in [5.41, 5.74) is 1.88. The van der Waals surface area contributed by atoms with Crippen molar-refractivity contribution in [3.63, 3.8) is 0 Å². The molecule has 1 aliphatic carbocycles. The predicted molar refractivity (Wildman–Crippen MR) is 110 cm³/mol. The molecule has 1 aromatic rings. The van der Waals surface area contributed by atoms with Crippen LogP contribution in [0, 0.1) is 5.92 Å². The second kappa shape index (κ2) is 9.63. The van der Waals surface area contributed by atoms with Crippen LogP contribution in [-0.4, -0.2) is 40.6 Å². The summed E-state index contributed by atoms with van der Waals surface area (Å²) in [5.74, 6) is 0.840. The number of carbonyl (C=O) groups excluding carboxylic acids is 2. The summed E-state index contributed by atoms with van der Waals surface area (Å²) < 4.78 is 5.42. The molecule has 2 unspecified atom stereocenters. The van der Waals surface area contributed by atoms with Crippen LogP contribution in [0.1, 0.15) is 68.3 Å². The topological polar surface area (TPSA) is 46.6 Å². The monoisotopic (exact) mass is 389 g/mol. The SMILES string of the molecule is CCCOC(=O)C1CSC(C2CCCCC2)N1C(=O)c1ccc(CC)cc1. The first kappa shape index (κ1) is 20.2. The molecule has 1 saturated carbocycles. The van der Waals surface area contributed by atoms with Gasteiger partial charge in [0.1, 0.15) is 6.04 Å². The fourth-order valence-electron chi connectivity index (χ4n) is 4.08. The van der Waals surface area contributed by atoms with E-state index in [4.69, 9.17) is 4.74 Å². The number of hydrogen-bond acceptors (Lipinski definition) is 4. The molecule has 2 atom stereocenters. The van der Waals surface area contributed by atoms with Crippen molar-refractivity contribution in [1.29, 1.82) is 0 Å². The van der Waals surface area contributed by atoms with Crippen LogP contribution in [0.25, 0.3) is 0 Å². The van der Waals surface area contributed by atoms with Crippen molar-refractivity contribution in [2.45, 2.75) is 70.2 Å². The fourth-order valence-corrected chi connectivity index (χ4v) is 5.70. The summed E-state index contributed by atoms with van der Waals surface area (Å²) in [5, 5.41) is 0.0860. The number of esters is 1. The molecule has 1 heterocycles. The van der Waals surface area contributed by atoms with Gasteiger partial charge in [-0.3, -0.25) is 4.79 Å². The largest absolute Gasteiger partial charge is 0.464 e. The molecule has 0 radical (unpaired) electrons. The van der Waals surface area contributed by atoms with Gasteiger partial charge in [-0.1, -0.05) is 45.2 Å². The van der Waals surface area contributed by atoms with Gasteiger partial charge >= 0.3 is 5.97 Å². The smallest absolute Gasteiger partial charge is 0.329 e. The molecule has 0 bridgehead atoms. The number of hydrogen-bond donors (Lipinski definition) is 0. The van der Waals surface area contributed by atoms with Gasteiger partial charge in [0.05, 0.1) is 12.0 Å². The summed E-state index contributed by atoms with van der Waals surface area (Å²) >= 11 is 1.76. The maximum Gasteiger partial charge on any atom is 0.329 e. The Bertz CT molecular complexity index is 639. The van der Waals surface area contributed by atoms with E-state index in [0.29, 0.717) is 23.8 Å². The first-order valence-electron chi connectivity index (χ1n) is 10.4. The molecule has 2 aliphatic rings. The highest BCUT2D eigenvalue weighted by Gasteiger charge is 2.45. The normalized spacial score (nSPS) is 23.4. The average molecular weight is 390 g/mol. The van der Waals surface area contributed by atoms with E-state index in [9.17, 15) is 9.59 Å². The quantitative estimate of drug-likeness (QED) is 0.664. The van der Waals surface area contributed by atoms with E-state index in [-0.39, 0.29) is 17.3 Å². The van der Waals surface area contributed by atoms with Gasteiger partial charge in [-0.15, -0.1) is 11.8 Å². The van der Waals surface area contributed by atoms with Gasteiger partial charge in [-0.2, -0.15) is 0 Å². The van der Waals surface area contributed by atoms with Gasteiger partial charge in [0.25, 0.3) is 5.91 Å². The molecule has 1 aromatic carbocycles. The molecule has 1 aliphatic heterocycles. The van der Waals surface area contributed by atoms with Gasteiger partial charge < -0.3 is 9.64 Å². The highest BCUT2D eigenvalue weighted by molar-refractivity contribution is 8.00. The second-order valence-electron chi connectivity index (χ2n) is 7.57. The molecule has 3 rings (SSSR count). The zero-order chi connectivity index (χ0) is 19.2. The van der Waals surface area contributed by atoms with Crippen molar-refractivity contribution in [3.8, 4) is 0 Å². The van der Waals surface area contributed by atoms with Crippen molar-refractivity contribution < 1.29 is 14.3 Å². The van der Waals surface area contributed by atoms with E-state index in [1.165, 1.54) is 24.8 Å². The van der Waals surface area contributed by atoms with Crippen LogP contribution >= 0.6 is 11.8 Å². The molecular weight excluding hydrogens is 358 g/mol. The van der Waals surface area contributed by atoms with Crippen LogP contribution in [0.15, 0.2) is 24.3 Å². The number of ether oxygens (including phenoxy) is 1. The number of amides is 1. The Morgan fingerprint density at radius 3 is 2.44 bits per heavy atom. The first-order valence-corrected chi connectivity index (χ1v) is 11.4. The van der Waals surface area contributed by atoms with Gasteiger partial charge in [-0.05, 0) is 49.3 Å². The van der Waals surface area contributed by atoms with Crippen molar-refractivity contribution in [3.05, 3.63) is 35.4 Å². The molecule has 1 saturated heterocycles. The van der Waals surface area contributed by atoms with Crippen LogP contribution in [0.5, 0.6) is 0 Å². The van der Waals surface area contributed by atoms with Crippen LogP contribution < -0.4 is 0 Å². The Kier molecular flexibility index (Phi) is 7.22. The molecule has 148 valence electrons. The van der Waals surface area contributed by atoms with Crippen LogP contribution in [0.2, 0.25) is 0 Å². The molecule has 27 heavy (non-hydrogen) atoms. The Morgan fingerprint density at radius 2 is 1.81 bits per heavy atom. The number of aryl methyl sites for hydroxylation is 1. The molecule has 0 aromatic heterocycles. The van der Waals surface area contributed by atoms with E-state index in [2.05, 4.69) is 6.92 Å². The lowest BCUT2D eigenvalue weighted by Crippen LogP contribution is -2.48. The Balaban J connectivity index is 1.83. The number of nitrogens with zero attached hydrogens (tertiary/aromatic N) is 1. The lowest BCUT2D eigenvalue weighted by molar-refractivity contribution is -0.148. The first-order chi connectivity index (χ1) is 13.2. The van der Waals surface area contributed by atoms with Crippen molar-refractivity contribution in [2.24, 2.45) is 5.92 Å². The molecule has 1 amide bonds. The van der Waals surface area contributed by atoms with Crippen molar-refractivity contribution in [1.82, 2.24) is 4.90 Å². The summed E-state index contributed by atoms with van der Waals surface area (Å²) in [6, 6.07) is 7.35. The van der Waals surface area contributed by atoms with Gasteiger partial charge in [0, 0.05) is 11.3 Å². The third kappa shape index (κ3) is 4.68. The molecule has 2 fully saturated rings. The highest BCUT2D eigenvalue weighted by Crippen LogP contribution is 2.41. The van der Waals surface area contributed by atoms with E-state index in [0.717, 1.165) is 25.7 Å². The number of rotatable bonds is 6. The van der Waals surface area contributed by atoms with E-state index in [1.807, 2.05) is 36.1 Å². The highest BCUT2D eigenvalue weighted by atomic mass is 32.2. The minimum Gasteiger partial charge on any atom is -0.464 e. The maximum absolute atomic E-state index is 13.4. The second-order valence-corrected chi connectivity index (χ2v) is 8.72. The molecule has 0 N–H and O–H groups in total. The lowest BCUT2D eigenvalue weighted by Gasteiger charge is -2.35. The fraction of sp³-hybridized carbons (Fsp3) is 0.636. The average Bonchev–Trinajstić information content (AvgIpc) is 3.17. The standard InChI is InChI=1S/C22H31NO3S/c1-3-14-26-22(25)19-15-27-21(18-8-6-5-7-9-18)23(19)20(24)17-12-10-16(4-2)11-13-17/h10-13,18-19,21H,3-9,14-15H2,1-2H3. The zero-order valence-corrected chi connectivity index (χ0v) is 17.3. The maximum atomic E-state index is 13.4. The van der Waals surface area contributed by atoms with Gasteiger partial charge in [0.15, 0.2) is 0 Å².